The van der Waals surface area contributed by atoms with Gasteiger partial charge in [0.1, 0.15) is 0 Å². The number of benzene rings is 1. The van der Waals surface area contributed by atoms with Gasteiger partial charge >= 0.3 is 0 Å². The molecule has 28 heavy (non-hydrogen) atoms. The quantitative estimate of drug-likeness (QED) is 0.713. The van der Waals surface area contributed by atoms with Gasteiger partial charge in [0.25, 0.3) is 0 Å². The normalized spacial score (nSPS) is 15.8. The maximum atomic E-state index is 13.4. The second kappa shape index (κ2) is 9.20. The number of carbonyl (C=O) groups is 1. The second-order valence-corrected chi connectivity index (χ2v) is 7.50. The van der Waals surface area contributed by atoms with Crippen molar-refractivity contribution < 1.29 is 14.3 Å². The SMILES string of the molecule is CCCCOc1ccc(NC(=O)C2(c3ccc(C)cc3)CCOCC2)c(C)n1. The van der Waals surface area contributed by atoms with E-state index in [0.717, 1.165) is 29.8 Å². The Bertz CT molecular complexity index is 796. The molecule has 150 valence electrons. The van der Waals surface area contributed by atoms with E-state index in [1.807, 2.05) is 19.1 Å². The van der Waals surface area contributed by atoms with Crippen LogP contribution in [0.5, 0.6) is 5.88 Å². The van der Waals surface area contributed by atoms with Crippen LogP contribution in [0.3, 0.4) is 0 Å². The van der Waals surface area contributed by atoms with Crippen LogP contribution < -0.4 is 10.1 Å². The van der Waals surface area contributed by atoms with Gasteiger partial charge in [-0.15, -0.1) is 0 Å². The number of anilines is 1. The van der Waals surface area contributed by atoms with E-state index in [1.165, 1.54) is 5.56 Å². The largest absolute Gasteiger partial charge is 0.478 e. The van der Waals surface area contributed by atoms with Crippen molar-refractivity contribution >= 4 is 11.6 Å². The molecule has 2 aromatic rings. The molecular formula is C23H30N2O3. The van der Waals surface area contributed by atoms with Gasteiger partial charge in [-0.25, -0.2) is 4.98 Å². The van der Waals surface area contributed by atoms with E-state index in [9.17, 15) is 4.79 Å². The monoisotopic (exact) mass is 382 g/mol. The van der Waals surface area contributed by atoms with Crippen LogP contribution in [-0.4, -0.2) is 30.7 Å². The lowest BCUT2D eigenvalue weighted by Crippen LogP contribution is -2.45. The molecule has 5 heteroatoms. The Kier molecular flexibility index (Phi) is 6.68. The molecule has 3 rings (SSSR count). The molecule has 1 aromatic carbocycles. The Labute approximate surface area is 167 Å². The van der Waals surface area contributed by atoms with Gasteiger partial charge in [0.05, 0.1) is 23.4 Å². The lowest BCUT2D eigenvalue weighted by atomic mass is 9.73. The summed E-state index contributed by atoms with van der Waals surface area (Å²) in [5.74, 6) is 0.604. The average Bonchev–Trinajstić information content (AvgIpc) is 2.71. The number of nitrogens with one attached hydrogen (secondary N) is 1. The third-order valence-corrected chi connectivity index (χ3v) is 5.44. The third kappa shape index (κ3) is 4.53. The minimum absolute atomic E-state index is 0.00389. The summed E-state index contributed by atoms with van der Waals surface area (Å²) in [5, 5.41) is 3.12. The van der Waals surface area contributed by atoms with Crippen molar-refractivity contribution in [2.24, 2.45) is 0 Å². The maximum Gasteiger partial charge on any atom is 0.235 e. The maximum absolute atomic E-state index is 13.4. The zero-order chi connectivity index (χ0) is 20.0. The molecule has 1 amide bonds. The van der Waals surface area contributed by atoms with Crippen LogP contribution >= 0.6 is 0 Å². The Balaban J connectivity index is 1.79. The van der Waals surface area contributed by atoms with Gasteiger partial charge in [-0.1, -0.05) is 43.2 Å². The molecule has 1 N–H and O–H groups in total. The van der Waals surface area contributed by atoms with Crippen LogP contribution in [0.2, 0.25) is 0 Å². The Morgan fingerprint density at radius 2 is 1.86 bits per heavy atom. The fourth-order valence-electron chi connectivity index (χ4n) is 3.55. The highest BCUT2D eigenvalue weighted by Crippen LogP contribution is 2.36. The molecule has 0 unspecified atom stereocenters. The Morgan fingerprint density at radius 1 is 1.14 bits per heavy atom. The molecular weight excluding hydrogens is 352 g/mol. The molecule has 0 radical (unpaired) electrons. The fraction of sp³-hybridized carbons (Fsp3) is 0.478. The highest BCUT2D eigenvalue weighted by atomic mass is 16.5. The van der Waals surface area contributed by atoms with Crippen LogP contribution in [0.15, 0.2) is 36.4 Å². The average molecular weight is 383 g/mol. The molecule has 1 aliphatic heterocycles. The van der Waals surface area contributed by atoms with Crippen LogP contribution in [0.25, 0.3) is 0 Å². The topological polar surface area (TPSA) is 60.5 Å². The summed E-state index contributed by atoms with van der Waals surface area (Å²) in [6, 6.07) is 12.0. The molecule has 0 bridgehead atoms. The first kappa shape index (κ1) is 20.3. The van der Waals surface area contributed by atoms with Crippen molar-refractivity contribution in [3.63, 3.8) is 0 Å². The van der Waals surface area contributed by atoms with Crippen molar-refractivity contribution in [3.8, 4) is 5.88 Å². The fourth-order valence-corrected chi connectivity index (χ4v) is 3.55. The van der Waals surface area contributed by atoms with Crippen molar-refractivity contribution in [1.82, 2.24) is 4.98 Å². The van der Waals surface area contributed by atoms with Crippen LogP contribution in [-0.2, 0) is 14.9 Å². The van der Waals surface area contributed by atoms with Gasteiger partial charge in [0, 0.05) is 19.3 Å². The first-order chi connectivity index (χ1) is 13.5. The number of hydrogen-bond acceptors (Lipinski definition) is 4. The standard InChI is InChI=1S/C23H30N2O3/c1-4-5-14-28-21-11-10-20(18(3)24-21)25-22(26)23(12-15-27-16-13-23)19-8-6-17(2)7-9-19/h6-11H,4-5,12-16H2,1-3H3,(H,25,26). The molecule has 5 nitrogen and oxygen atoms in total. The van der Waals surface area contributed by atoms with E-state index in [0.29, 0.717) is 38.5 Å². The van der Waals surface area contributed by atoms with Crippen molar-refractivity contribution in [2.75, 3.05) is 25.1 Å². The molecule has 1 fully saturated rings. The van der Waals surface area contributed by atoms with E-state index in [-0.39, 0.29) is 5.91 Å². The number of aromatic nitrogens is 1. The predicted octanol–water partition coefficient (Wildman–Crippen LogP) is 4.56. The zero-order valence-electron chi connectivity index (χ0n) is 17.1. The van der Waals surface area contributed by atoms with Gasteiger partial charge in [-0.05, 0) is 44.7 Å². The van der Waals surface area contributed by atoms with Gasteiger partial charge in [-0.2, -0.15) is 0 Å². The lowest BCUT2D eigenvalue weighted by molar-refractivity contribution is -0.125. The summed E-state index contributed by atoms with van der Waals surface area (Å²) in [6.45, 7) is 7.90. The number of pyridine rings is 1. The minimum Gasteiger partial charge on any atom is -0.478 e. The molecule has 2 heterocycles. The van der Waals surface area contributed by atoms with Crippen molar-refractivity contribution in [1.29, 1.82) is 0 Å². The van der Waals surface area contributed by atoms with E-state index in [1.54, 1.807) is 0 Å². The van der Waals surface area contributed by atoms with E-state index in [2.05, 4.69) is 48.4 Å². The van der Waals surface area contributed by atoms with E-state index < -0.39 is 5.41 Å². The molecule has 1 aromatic heterocycles. The van der Waals surface area contributed by atoms with E-state index in [4.69, 9.17) is 9.47 Å². The highest BCUT2D eigenvalue weighted by Gasteiger charge is 2.41. The van der Waals surface area contributed by atoms with Gasteiger partial charge in [0.2, 0.25) is 11.8 Å². The van der Waals surface area contributed by atoms with Crippen LogP contribution in [0.1, 0.15) is 49.4 Å². The summed E-state index contributed by atoms with van der Waals surface area (Å²) >= 11 is 0. The summed E-state index contributed by atoms with van der Waals surface area (Å²) in [6.07, 6.45) is 3.43. The number of amides is 1. The highest BCUT2D eigenvalue weighted by molar-refractivity contribution is 5.99. The van der Waals surface area contributed by atoms with Gasteiger partial charge in [-0.3, -0.25) is 4.79 Å². The van der Waals surface area contributed by atoms with Crippen LogP contribution in [0, 0.1) is 13.8 Å². The summed E-state index contributed by atoms with van der Waals surface area (Å²) < 4.78 is 11.2. The summed E-state index contributed by atoms with van der Waals surface area (Å²) in [7, 11) is 0. The van der Waals surface area contributed by atoms with Crippen molar-refractivity contribution in [2.45, 2.75) is 51.9 Å². The molecule has 0 aliphatic carbocycles. The number of unbranched alkanes of at least 4 members (excludes halogenated alkanes) is 1. The molecule has 0 saturated carbocycles. The number of aryl methyl sites for hydroxylation is 2. The van der Waals surface area contributed by atoms with Gasteiger partial charge < -0.3 is 14.8 Å². The Hall–Kier alpha value is -2.40. The van der Waals surface area contributed by atoms with Crippen LogP contribution in [0.4, 0.5) is 5.69 Å². The number of ether oxygens (including phenoxy) is 2. The Morgan fingerprint density at radius 3 is 2.50 bits per heavy atom. The smallest absolute Gasteiger partial charge is 0.235 e. The lowest BCUT2D eigenvalue weighted by Gasteiger charge is -2.36. The number of carbonyl (C=O) groups excluding carboxylic acids is 1. The summed E-state index contributed by atoms with van der Waals surface area (Å²) in [5.41, 5.74) is 3.14. The molecule has 1 saturated heterocycles. The van der Waals surface area contributed by atoms with Crippen molar-refractivity contribution in [3.05, 3.63) is 53.2 Å². The minimum atomic E-state index is -0.575. The number of nitrogens with zero attached hydrogens (tertiary/aromatic N) is 1. The predicted molar refractivity (Wildman–Crippen MR) is 111 cm³/mol. The molecule has 0 atom stereocenters. The number of hydrogen-bond donors (Lipinski definition) is 1. The summed E-state index contributed by atoms with van der Waals surface area (Å²) in [4.78, 5) is 17.9. The first-order valence-corrected chi connectivity index (χ1v) is 10.1. The zero-order valence-corrected chi connectivity index (χ0v) is 17.1. The third-order valence-electron chi connectivity index (χ3n) is 5.44. The first-order valence-electron chi connectivity index (χ1n) is 10.1. The molecule has 1 aliphatic rings. The second-order valence-electron chi connectivity index (χ2n) is 7.50. The van der Waals surface area contributed by atoms with Gasteiger partial charge in [0.15, 0.2) is 0 Å². The number of rotatable bonds is 7. The van der Waals surface area contributed by atoms with E-state index >= 15 is 0 Å². The molecule has 0 spiro atoms.